The van der Waals surface area contributed by atoms with Crippen LogP contribution in [0.2, 0.25) is 0 Å². The Morgan fingerprint density at radius 2 is 1.63 bits per heavy atom. The Morgan fingerprint density at radius 3 is 2.39 bits per heavy atom. The molecule has 0 aliphatic carbocycles. The topological polar surface area (TPSA) is 64.6 Å². The highest BCUT2D eigenvalue weighted by Crippen LogP contribution is 2.30. The Bertz CT molecular complexity index is 1440. The van der Waals surface area contributed by atoms with E-state index in [0.717, 1.165) is 61.5 Å². The molecular weight excluding hydrogens is 472 g/mol. The number of carbonyl (C=O) groups excluding carboxylic acids is 1. The van der Waals surface area contributed by atoms with Crippen LogP contribution in [0.3, 0.4) is 0 Å². The van der Waals surface area contributed by atoms with Gasteiger partial charge < -0.3 is 15.1 Å². The summed E-state index contributed by atoms with van der Waals surface area (Å²) in [6.45, 7) is 9.90. The van der Waals surface area contributed by atoms with E-state index in [0.29, 0.717) is 5.95 Å². The SMILES string of the molecule is Cc1cccc(C)c1-c1ccc2nc(Nc3ccc(N4CCN(CCN5CCCC5)C4=O)cc3)ncc2c1. The number of hydrogen-bond donors (Lipinski definition) is 1. The van der Waals surface area contributed by atoms with Crippen LogP contribution in [0.1, 0.15) is 24.0 Å². The number of benzene rings is 3. The van der Waals surface area contributed by atoms with E-state index in [1.54, 1.807) is 0 Å². The van der Waals surface area contributed by atoms with Crippen molar-refractivity contribution >= 4 is 34.3 Å². The van der Waals surface area contributed by atoms with E-state index in [9.17, 15) is 4.79 Å². The Balaban J connectivity index is 1.11. The minimum Gasteiger partial charge on any atom is -0.324 e. The minimum atomic E-state index is 0.100. The average molecular weight is 507 g/mol. The summed E-state index contributed by atoms with van der Waals surface area (Å²) in [6, 6.07) is 20.8. The normalized spacial score (nSPS) is 16.1. The van der Waals surface area contributed by atoms with Crippen LogP contribution in [0, 0.1) is 13.8 Å². The molecule has 1 aromatic heterocycles. The highest BCUT2D eigenvalue weighted by atomic mass is 16.2. The number of nitrogens with zero attached hydrogens (tertiary/aromatic N) is 5. The minimum absolute atomic E-state index is 0.100. The summed E-state index contributed by atoms with van der Waals surface area (Å²) in [5.41, 5.74) is 7.67. The lowest BCUT2D eigenvalue weighted by Crippen LogP contribution is -2.37. The molecule has 3 heterocycles. The Morgan fingerprint density at radius 1 is 0.868 bits per heavy atom. The third-order valence-electron chi connectivity index (χ3n) is 7.76. The maximum absolute atomic E-state index is 13.0. The van der Waals surface area contributed by atoms with E-state index in [-0.39, 0.29) is 6.03 Å². The molecule has 0 saturated carbocycles. The van der Waals surface area contributed by atoms with Crippen LogP contribution >= 0.6 is 0 Å². The van der Waals surface area contributed by atoms with Crippen molar-refractivity contribution in [3.8, 4) is 11.1 Å². The number of anilines is 3. The smallest absolute Gasteiger partial charge is 0.324 e. The van der Waals surface area contributed by atoms with Crippen LogP contribution in [0.5, 0.6) is 0 Å². The van der Waals surface area contributed by atoms with Crippen molar-refractivity contribution in [1.29, 1.82) is 0 Å². The molecule has 2 saturated heterocycles. The van der Waals surface area contributed by atoms with Crippen LogP contribution < -0.4 is 10.2 Å². The Kier molecular flexibility index (Phi) is 6.68. The number of aryl methyl sites for hydroxylation is 2. The summed E-state index contributed by atoms with van der Waals surface area (Å²) < 4.78 is 0. The molecule has 3 aromatic carbocycles. The summed E-state index contributed by atoms with van der Waals surface area (Å²) in [7, 11) is 0. The largest absolute Gasteiger partial charge is 0.324 e. The molecule has 0 spiro atoms. The molecule has 6 rings (SSSR count). The average Bonchev–Trinajstić information content (AvgIpc) is 3.57. The summed E-state index contributed by atoms with van der Waals surface area (Å²) >= 11 is 0. The predicted octanol–water partition coefficient (Wildman–Crippen LogP) is 6.00. The molecule has 7 heteroatoms. The number of rotatable bonds is 7. The number of likely N-dealkylation sites (tertiary alicyclic amines) is 1. The first-order valence-electron chi connectivity index (χ1n) is 13.5. The second-order valence-electron chi connectivity index (χ2n) is 10.4. The molecule has 0 bridgehead atoms. The first-order valence-corrected chi connectivity index (χ1v) is 13.5. The molecule has 7 nitrogen and oxygen atoms in total. The lowest BCUT2D eigenvalue weighted by Gasteiger charge is -2.22. The molecule has 2 aliphatic heterocycles. The number of fused-ring (bicyclic) bond motifs is 1. The fourth-order valence-electron chi connectivity index (χ4n) is 5.67. The molecular formula is C31H34N6O. The summed E-state index contributed by atoms with van der Waals surface area (Å²) in [4.78, 5) is 28.5. The van der Waals surface area contributed by atoms with Crippen molar-refractivity contribution in [2.45, 2.75) is 26.7 Å². The number of aromatic nitrogens is 2. The quantitative estimate of drug-likeness (QED) is 0.333. The van der Waals surface area contributed by atoms with Gasteiger partial charge in [0, 0.05) is 49.1 Å². The van der Waals surface area contributed by atoms with Crippen LogP contribution in [0.25, 0.3) is 22.0 Å². The van der Waals surface area contributed by atoms with Crippen molar-refractivity contribution in [3.63, 3.8) is 0 Å². The fraction of sp³-hybridized carbons (Fsp3) is 0.323. The maximum Gasteiger partial charge on any atom is 0.324 e. The first kappa shape index (κ1) is 24.4. The van der Waals surface area contributed by atoms with Gasteiger partial charge in [0.15, 0.2) is 0 Å². The second-order valence-corrected chi connectivity index (χ2v) is 10.4. The zero-order valence-electron chi connectivity index (χ0n) is 22.2. The molecule has 0 atom stereocenters. The van der Waals surface area contributed by atoms with Gasteiger partial charge in [-0.1, -0.05) is 24.3 Å². The van der Waals surface area contributed by atoms with Crippen molar-refractivity contribution in [2.24, 2.45) is 0 Å². The van der Waals surface area contributed by atoms with Crippen molar-refractivity contribution in [2.75, 3.05) is 49.5 Å². The van der Waals surface area contributed by atoms with Gasteiger partial charge in [0.2, 0.25) is 5.95 Å². The third-order valence-corrected chi connectivity index (χ3v) is 7.76. The van der Waals surface area contributed by atoms with E-state index < -0.39 is 0 Å². The number of urea groups is 1. The van der Waals surface area contributed by atoms with Gasteiger partial charge in [0.1, 0.15) is 0 Å². The summed E-state index contributed by atoms with van der Waals surface area (Å²) in [6.07, 6.45) is 4.43. The zero-order valence-corrected chi connectivity index (χ0v) is 22.2. The molecule has 38 heavy (non-hydrogen) atoms. The van der Waals surface area contributed by atoms with Crippen LogP contribution in [-0.4, -0.2) is 65.1 Å². The molecule has 0 unspecified atom stereocenters. The van der Waals surface area contributed by atoms with Gasteiger partial charge in [-0.05, 0) is 98.4 Å². The van der Waals surface area contributed by atoms with Crippen LogP contribution in [0.4, 0.5) is 22.1 Å². The van der Waals surface area contributed by atoms with Crippen molar-refractivity contribution < 1.29 is 4.79 Å². The fourth-order valence-corrected chi connectivity index (χ4v) is 5.67. The van der Waals surface area contributed by atoms with Gasteiger partial charge in [-0.2, -0.15) is 0 Å². The maximum atomic E-state index is 13.0. The third kappa shape index (κ3) is 4.94. The molecule has 1 N–H and O–H groups in total. The van der Waals surface area contributed by atoms with E-state index in [1.807, 2.05) is 40.3 Å². The first-order chi connectivity index (χ1) is 18.5. The van der Waals surface area contributed by atoms with Crippen LogP contribution in [0.15, 0.2) is 66.9 Å². The molecule has 194 valence electrons. The van der Waals surface area contributed by atoms with Gasteiger partial charge in [-0.25, -0.2) is 14.8 Å². The van der Waals surface area contributed by atoms with Gasteiger partial charge in [-0.15, -0.1) is 0 Å². The van der Waals surface area contributed by atoms with Gasteiger partial charge in [0.05, 0.1) is 5.52 Å². The second kappa shape index (κ2) is 10.4. The number of hydrogen-bond acceptors (Lipinski definition) is 5. The van der Waals surface area contributed by atoms with Crippen molar-refractivity contribution in [3.05, 3.63) is 78.0 Å². The van der Waals surface area contributed by atoms with E-state index >= 15 is 0 Å². The Labute approximate surface area is 224 Å². The molecule has 0 radical (unpaired) electrons. The molecule has 2 fully saturated rings. The molecule has 2 aliphatic rings. The van der Waals surface area contributed by atoms with E-state index in [2.05, 4.69) is 65.4 Å². The van der Waals surface area contributed by atoms with Crippen molar-refractivity contribution in [1.82, 2.24) is 19.8 Å². The highest BCUT2D eigenvalue weighted by Gasteiger charge is 2.29. The number of nitrogens with one attached hydrogen (secondary N) is 1. The molecule has 4 aromatic rings. The standard InChI is InChI=1S/C31H34N6O/c1-22-6-5-7-23(2)29(22)24-8-13-28-25(20-24)21-32-30(34-28)33-26-9-11-27(12-10-26)37-19-18-36(31(37)38)17-16-35-14-3-4-15-35/h5-13,20-21H,3-4,14-19H2,1-2H3,(H,32,33,34). The predicted molar refractivity (Wildman–Crippen MR) is 154 cm³/mol. The number of amides is 2. The number of carbonyl (C=O) groups is 1. The monoisotopic (exact) mass is 506 g/mol. The summed E-state index contributed by atoms with van der Waals surface area (Å²) in [5.74, 6) is 0.551. The highest BCUT2D eigenvalue weighted by molar-refractivity contribution is 5.94. The Hall–Kier alpha value is -3.97. The van der Waals surface area contributed by atoms with Gasteiger partial charge in [-0.3, -0.25) is 4.90 Å². The van der Waals surface area contributed by atoms with Crippen LogP contribution in [-0.2, 0) is 0 Å². The van der Waals surface area contributed by atoms with E-state index in [1.165, 1.54) is 35.1 Å². The lowest BCUT2D eigenvalue weighted by molar-refractivity contribution is 0.211. The van der Waals surface area contributed by atoms with E-state index in [4.69, 9.17) is 4.98 Å². The lowest BCUT2D eigenvalue weighted by atomic mass is 9.95. The summed E-state index contributed by atoms with van der Waals surface area (Å²) in [5, 5.41) is 4.32. The molecule has 2 amide bonds. The van der Waals surface area contributed by atoms with Gasteiger partial charge in [0.25, 0.3) is 0 Å². The zero-order chi connectivity index (χ0) is 26.1. The van der Waals surface area contributed by atoms with Gasteiger partial charge >= 0.3 is 6.03 Å².